The second-order valence-corrected chi connectivity index (χ2v) is 5.38. The molecule has 6 nitrogen and oxygen atoms in total. The number of carbonyl (C=O) groups excluding carboxylic acids is 1. The second kappa shape index (κ2) is 8.65. The number of aliphatic carboxylic acids is 1. The van der Waals surface area contributed by atoms with E-state index in [1.165, 1.54) is 11.3 Å². The Balaban J connectivity index is 2.32. The molecule has 0 aromatic carbocycles. The summed E-state index contributed by atoms with van der Waals surface area (Å²) in [5.74, 6) is -0.888. The third kappa shape index (κ3) is 6.63. The Kier molecular flexibility index (Phi) is 7.17. The van der Waals surface area contributed by atoms with E-state index in [0.29, 0.717) is 30.8 Å². The van der Waals surface area contributed by atoms with Crippen LogP contribution < -0.4 is 5.32 Å². The van der Waals surface area contributed by atoms with Gasteiger partial charge in [0.1, 0.15) is 0 Å². The van der Waals surface area contributed by atoms with Crippen molar-refractivity contribution in [2.45, 2.75) is 45.1 Å². The van der Waals surface area contributed by atoms with Crippen molar-refractivity contribution in [3.8, 4) is 0 Å². The number of thiazole rings is 1. The Bertz CT molecular complexity index is 447. The van der Waals surface area contributed by atoms with Crippen LogP contribution >= 0.6 is 11.3 Å². The predicted molar refractivity (Wildman–Crippen MR) is 77.0 cm³/mol. The summed E-state index contributed by atoms with van der Waals surface area (Å²) in [5, 5.41) is 13.7. The lowest BCUT2D eigenvalue weighted by Gasteiger charge is -2.07. The Morgan fingerprint density at radius 1 is 1.50 bits per heavy atom. The molecule has 1 heterocycles. The molecule has 1 amide bonds. The van der Waals surface area contributed by atoms with Gasteiger partial charge in [0.25, 0.3) is 0 Å². The summed E-state index contributed by atoms with van der Waals surface area (Å²) in [6.45, 7) is 1.91. The van der Waals surface area contributed by atoms with Crippen LogP contribution in [0.2, 0.25) is 0 Å². The minimum Gasteiger partial charge on any atom is -0.481 e. The number of nitrogens with zero attached hydrogens (tertiary/aromatic N) is 1. The van der Waals surface area contributed by atoms with Crippen LogP contribution in [-0.2, 0) is 20.7 Å². The van der Waals surface area contributed by atoms with Gasteiger partial charge < -0.3 is 15.2 Å². The van der Waals surface area contributed by atoms with Gasteiger partial charge in [0.2, 0.25) is 5.91 Å². The molecule has 1 aromatic rings. The van der Waals surface area contributed by atoms with Gasteiger partial charge in [-0.2, -0.15) is 0 Å². The first-order valence-electron chi connectivity index (χ1n) is 6.50. The van der Waals surface area contributed by atoms with E-state index >= 15 is 0 Å². The molecule has 20 heavy (non-hydrogen) atoms. The molecule has 0 fully saturated rings. The minimum absolute atomic E-state index is 0.0589. The molecule has 1 atom stereocenters. The molecule has 0 bridgehead atoms. The number of rotatable bonds is 9. The molecule has 0 aliphatic heterocycles. The smallest absolute Gasteiger partial charge is 0.303 e. The molecule has 0 aliphatic carbocycles. The van der Waals surface area contributed by atoms with Crippen molar-refractivity contribution in [1.82, 2.24) is 4.98 Å². The number of anilines is 1. The van der Waals surface area contributed by atoms with Gasteiger partial charge in [-0.3, -0.25) is 9.59 Å². The molecule has 112 valence electrons. The average Bonchev–Trinajstić information content (AvgIpc) is 2.83. The molecule has 1 aromatic heterocycles. The lowest BCUT2D eigenvalue weighted by Crippen LogP contribution is -2.15. The van der Waals surface area contributed by atoms with E-state index < -0.39 is 5.97 Å². The molecule has 2 N–H and O–H groups in total. The number of aromatic nitrogens is 1. The molecule has 0 aliphatic rings. The standard InChI is InChI=1S/C13H20N2O4S/c1-9(19-2)6-7-11(16)15-13-14-10(8-20-13)4-3-5-12(17)18/h8-9H,3-7H2,1-2H3,(H,17,18)(H,14,15,16). The molecule has 0 spiro atoms. The van der Waals surface area contributed by atoms with Crippen LogP contribution in [0.25, 0.3) is 0 Å². The van der Waals surface area contributed by atoms with Crippen molar-refractivity contribution in [3.63, 3.8) is 0 Å². The van der Waals surface area contributed by atoms with Crippen molar-refractivity contribution < 1.29 is 19.4 Å². The fraction of sp³-hybridized carbons (Fsp3) is 0.615. The van der Waals surface area contributed by atoms with Gasteiger partial charge >= 0.3 is 5.97 Å². The van der Waals surface area contributed by atoms with Crippen molar-refractivity contribution in [2.75, 3.05) is 12.4 Å². The van der Waals surface area contributed by atoms with Gasteiger partial charge in [0.15, 0.2) is 5.13 Å². The maximum absolute atomic E-state index is 11.7. The van der Waals surface area contributed by atoms with Crippen molar-refractivity contribution in [1.29, 1.82) is 0 Å². The van der Waals surface area contributed by atoms with Crippen LogP contribution in [0.5, 0.6) is 0 Å². The number of nitrogens with one attached hydrogen (secondary N) is 1. The van der Waals surface area contributed by atoms with Crippen molar-refractivity contribution in [2.24, 2.45) is 0 Å². The van der Waals surface area contributed by atoms with E-state index in [-0.39, 0.29) is 18.4 Å². The summed E-state index contributed by atoms with van der Waals surface area (Å²) in [4.78, 5) is 26.3. The van der Waals surface area contributed by atoms with E-state index in [9.17, 15) is 9.59 Å². The number of aryl methyl sites for hydroxylation is 1. The first-order valence-corrected chi connectivity index (χ1v) is 7.38. The van der Waals surface area contributed by atoms with Crippen LogP contribution in [-0.4, -0.2) is 35.2 Å². The number of hydrogen-bond donors (Lipinski definition) is 2. The number of amides is 1. The third-order valence-corrected chi connectivity index (χ3v) is 3.61. The summed E-state index contributed by atoms with van der Waals surface area (Å²) < 4.78 is 5.08. The highest BCUT2D eigenvalue weighted by molar-refractivity contribution is 7.13. The molecule has 1 unspecified atom stereocenters. The summed E-state index contributed by atoms with van der Waals surface area (Å²) in [5.41, 5.74) is 0.816. The summed E-state index contributed by atoms with van der Waals surface area (Å²) in [7, 11) is 1.62. The van der Waals surface area contributed by atoms with E-state index in [1.807, 2.05) is 12.3 Å². The van der Waals surface area contributed by atoms with Crippen LogP contribution in [0.4, 0.5) is 5.13 Å². The van der Waals surface area contributed by atoms with Crippen molar-refractivity contribution >= 4 is 28.3 Å². The predicted octanol–water partition coefficient (Wildman–Crippen LogP) is 2.30. The molecule has 7 heteroatoms. The number of carboxylic acids is 1. The SMILES string of the molecule is COC(C)CCC(=O)Nc1nc(CCCC(=O)O)cs1. The highest BCUT2D eigenvalue weighted by atomic mass is 32.1. The normalized spacial score (nSPS) is 12.1. The number of methoxy groups -OCH3 is 1. The molecule has 0 saturated heterocycles. The number of carboxylic acid groups (broad SMARTS) is 1. The topological polar surface area (TPSA) is 88.5 Å². The van der Waals surface area contributed by atoms with Gasteiger partial charge in [-0.05, 0) is 26.2 Å². The average molecular weight is 300 g/mol. The van der Waals surface area contributed by atoms with Crippen LogP contribution in [0.15, 0.2) is 5.38 Å². The fourth-order valence-electron chi connectivity index (χ4n) is 1.53. The maximum Gasteiger partial charge on any atom is 0.303 e. The fourth-order valence-corrected chi connectivity index (χ4v) is 2.29. The van der Waals surface area contributed by atoms with Gasteiger partial charge in [-0.25, -0.2) is 4.98 Å². The Hall–Kier alpha value is -1.47. The van der Waals surface area contributed by atoms with Gasteiger partial charge in [0.05, 0.1) is 11.8 Å². The Morgan fingerprint density at radius 2 is 2.25 bits per heavy atom. The van der Waals surface area contributed by atoms with Crippen LogP contribution in [0.3, 0.4) is 0 Å². The lowest BCUT2D eigenvalue weighted by atomic mass is 10.2. The van der Waals surface area contributed by atoms with Gasteiger partial charge in [0, 0.05) is 25.3 Å². The lowest BCUT2D eigenvalue weighted by molar-refractivity contribution is -0.137. The zero-order chi connectivity index (χ0) is 15.0. The van der Waals surface area contributed by atoms with Crippen molar-refractivity contribution in [3.05, 3.63) is 11.1 Å². The first kappa shape index (κ1) is 16.6. The molecular weight excluding hydrogens is 280 g/mol. The Labute approximate surface area is 122 Å². The number of ether oxygens (including phenoxy) is 1. The number of carbonyl (C=O) groups is 2. The second-order valence-electron chi connectivity index (χ2n) is 4.52. The first-order chi connectivity index (χ1) is 9.51. The summed E-state index contributed by atoms with van der Waals surface area (Å²) >= 11 is 1.35. The van der Waals surface area contributed by atoms with E-state index in [2.05, 4.69) is 10.3 Å². The highest BCUT2D eigenvalue weighted by Crippen LogP contribution is 2.17. The summed E-state index contributed by atoms with van der Waals surface area (Å²) in [6, 6.07) is 0. The van der Waals surface area contributed by atoms with E-state index in [1.54, 1.807) is 7.11 Å². The molecule has 0 saturated carbocycles. The van der Waals surface area contributed by atoms with Crippen LogP contribution in [0, 0.1) is 0 Å². The minimum atomic E-state index is -0.805. The van der Waals surface area contributed by atoms with Gasteiger partial charge in [-0.15, -0.1) is 11.3 Å². The third-order valence-electron chi connectivity index (χ3n) is 2.80. The maximum atomic E-state index is 11.7. The molecule has 1 rings (SSSR count). The molecular formula is C13H20N2O4S. The van der Waals surface area contributed by atoms with Gasteiger partial charge in [-0.1, -0.05) is 0 Å². The zero-order valence-electron chi connectivity index (χ0n) is 11.7. The number of hydrogen-bond acceptors (Lipinski definition) is 5. The molecule has 0 radical (unpaired) electrons. The monoisotopic (exact) mass is 300 g/mol. The summed E-state index contributed by atoms with van der Waals surface area (Å²) in [6.07, 6.45) is 2.41. The highest BCUT2D eigenvalue weighted by Gasteiger charge is 2.09. The van der Waals surface area contributed by atoms with Crippen LogP contribution in [0.1, 0.15) is 38.3 Å². The van der Waals surface area contributed by atoms with E-state index in [4.69, 9.17) is 9.84 Å². The van der Waals surface area contributed by atoms with E-state index in [0.717, 1.165) is 5.69 Å². The zero-order valence-corrected chi connectivity index (χ0v) is 12.5. The largest absolute Gasteiger partial charge is 0.481 e. The Morgan fingerprint density at radius 3 is 2.90 bits per heavy atom. The quantitative estimate of drug-likeness (QED) is 0.730.